The number of aromatic nitrogens is 1. The monoisotopic (exact) mass is 353 g/mol. The molecule has 1 atom stereocenters. The molecular formula is C22H27NO3. The quantitative estimate of drug-likeness (QED) is 0.481. The molecule has 2 rings (SSSR count). The Hall–Kier alpha value is -2.75. The molecule has 0 spiro atoms. The van der Waals surface area contributed by atoms with E-state index in [0.717, 1.165) is 29.8 Å². The Morgan fingerprint density at radius 3 is 2.58 bits per heavy atom. The van der Waals surface area contributed by atoms with Gasteiger partial charge in [0.1, 0.15) is 0 Å². The molecule has 0 fully saturated rings. The SMILES string of the molecule is CC/C=C\C=C/C(C)c1c(C=O)cc(C)n1-c1cccc(OC)c1OC. The summed E-state index contributed by atoms with van der Waals surface area (Å²) in [6, 6.07) is 7.67. The van der Waals surface area contributed by atoms with E-state index in [4.69, 9.17) is 9.47 Å². The summed E-state index contributed by atoms with van der Waals surface area (Å²) in [6.45, 7) is 6.17. The van der Waals surface area contributed by atoms with E-state index in [1.165, 1.54) is 0 Å². The molecule has 2 aromatic rings. The van der Waals surface area contributed by atoms with E-state index < -0.39 is 0 Å². The molecule has 0 bridgehead atoms. The summed E-state index contributed by atoms with van der Waals surface area (Å²) in [5.74, 6) is 1.36. The van der Waals surface area contributed by atoms with Crippen LogP contribution in [0.3, 0.4) is 0 Å². The summed E-state index contributed by atoms with van der Waals surface area (Å²) in [6.07, 6.45) is 10.2. The highest BCUT2D eigenvalue weighted by Crippen LogP contribution is 2.37. The first kappa shape index (κ1) is 19.6. The van der Waals surface area contributed by atoms with Crippen LogP contribution < -0.4 is 9.47 Å². The second-order valence-electron chi connectivity index (χ2n) is 6.10. The van der Waals surface area contributed by atoms with Crippen LogP contribution in [0.2, 0.25) is 0 Å². The summed E-state index contributed by atoms with van der Waals surface area (Å²) < 4.78 is 13.1. The fraction of sp³-hybridized carbons (Fsp3) is 0.318. The summed E-state index contributed by atoms with van der Waals surface area (Å²) in [5.41, 5.74) is 3.45. The van der Waals surface area contributed by atoms with Crippen LogP contribution in [0.4, 0.5) is 0 Å². The van der Waals surface area contributed by atoms with Crippen molar-refractivity contribution < 1.29 is 14.3 Å². The Morgan fingerprint density at radius 2 is 1.96 bits per heavy atom. The molecular weight excluding hydrogens is 326 g/mol. The predicted molar refractivity (Wildman–Crippen MR) is 106 cm³/mol. The fourth-order valence-corrected chi connectivity index (χ4v) is 3.15. The van der Waals surface area contributed by atoms with Crippen LogP contribution in [0.15, 0.2) is 48.6 Å². The van der Waals surface area contributed by atoms with Crippen LogP contribution in [-0.2, 0) is 0 Å². The summed E-state index contributed by atoms with van der Waals surface area (Å²) in [7, 11) is 3.24. The molecule has 0 aliphatic carbocycles. The van der Waals surface area contributed by atoms with Gasteiger partial charge in [-0.1, -0.05) is 44.2 Å². The van der Waals surface area contributed by atoms with Gasteiger partial charge in [-0.15, -0.1) is 0 Å². The van der Waals surface area contributed by atoms with Gasteiger partial charge in [-0.05, 0) is 31.5 Å². The van der Waals surface area contributed by atoms with Crippen molar-refractivity contribution >= 4 is 6.29 Å². The van der Waals surface area contributed by atoms with E-state index in [2.05, 4.69) is 30.6 Å². The lowest BCUT2D eigenvalue weighted by atomic mass is 10.0. The fourth-order valence-electron chi connectivity index (χ4n) is 3.15. The minimum absolute atomic E-state index is 0.0568. The Morgan fingerprint density at radius 1 is 1.19 bits per heavy atom. The molecule has 0 aliphatic heterocycles. The number of aryl methyl sites for hydroxylation is 1. The maximum atomic E-state index is 11.7. The van der Waals surface area contributed by atoms with Crippen LogP contribution in [-0.4, -0.2) is 25.1 Å². The second-order valence-corrected chi connectivity index (χ2v) is 6.10. The van der Waals surface area contributed by atoms with Crippen molar-refractivity contribution in [2.75, 3.05) is 14.2 Å². The molecule has 1 aromatic carbocycles. The number of hydrogen-bond donors (Lipinski definition) is 0. The number of methoxy groups -OCH3 is 2. The van der Waals surface area contributed by atoms with Gasteiger partial charge in [0.05, 0.1) is 19.9 Å². The third-order valence-corrected chi connectivity index (χ3v) is 4.32. The first-order chi connectivity index (χ1) is 12.6. The van der Waals surface area contributed by atoms with E-state index in [0.29, 0.717) is 17.1 Å². The first-order valence-corrected chi connectivity index (χ1v) is 8.81. The molecule has 4 heteroatoms. The smallest absolute Gasteiger partial charge is 0.184 e. The van der Waals surface area contributed by atoms with Gasteiger partial charge in [-0.3, -0.25) is 4.79 Å². The van der Waals surface area contributed by atoms with Crippen molar-refractivity contribution in [1.29, 1.82) is 0 Å². The van der Waals surface area contributed by atoms with Crippen molar-refractivity contribution in [3.63, 3.8) is 0 Å². The molecule has 26 heavy (non-hydrogen) atoms. The minimum atomic E-state index is 0.0568. The predicted octanol–water partition coefficient (Wildman–Crippen LogP) is 5.24. The highest BCUT2D eigenvalue weighted by molar-refractivity contribution is 5.79. The lowest BCUT2D eigenvalue weighted by Crippen LogP contribution is -2.08. The van der Waals surface area contributed by atoms with Gasteiger partial charge in [0.2, 0.25) is 0 Å². The second kappa shape index (κ2) is 9.09. The number of nitrogens with zero attached hydrogens (tertiary/aromatic N) is 1. The standard InChI is InChI=1S/C22H27NO3/c1-6-7-8-9-11-16(2)21-18(15-24)14-17(3)23(21)19-12-10-13-20(25-4)22(19)26-5/h7-16H,6H2,1-5H3/b8-7-,11-9-. The number of hydrogen-bond acceptors (Lipinski definition) is 3. The number of carbonyl (C=O) groups excluding carboxylic acids is 1. The molecule has 1 heterocycles. The van der Waals surface area contributed by atoms with Gasteiger partial charge in [0.15, 0.2) is 17.8 Å². The third kappa shape index (κ3) is 3.90. The van der Waals surface area contributed by atoms with Gasteiger partial charge in [0, 0.05) is 22.9 Å². The Balaban J connectivity index is 2.64. The zero-order valence-electron chi connectivity index (χ0n) is 16.2. The van der Waals surface area contributed by atoms with Crippen LogP contribution >= 0.6 is 0 Å². The van der Waals surface area contributed by atoms with Gasteiger partial charge in [-0.25, -0.2) is 0 Å². The minimum Gasteiger partial charge on any atom is -0.493 e. The van der Waals surface area contributed by atoms with E-state index in [1.807, 2.05) is 43.3 Å². The van der Waals surface area contributed by atoms with Crippen LogP contribution in [0.5, 0.6) is 11.5 Å². The zero-order valence-corrected chi connectivity index (χ0v) is 16.2. The normalized spacial score (nSPS) is 12.7. The van der Waals surface area contributed by atoms with E-state index in [9.17, 15) is 4.79 Å². The third-order valence-electron chi connectivity index (χ3n) is 4.32. The molecule has 0 saturated carbocycles. The van der Waals surface area contributed by atoms with Crippen molar-refractivity contribution in [3.8, 4) is 17.2 Å². The summed E-state index contributed by atoms with van der Waals surface area (Å²) in [4.78, 5) is 11.7. The van der Waals surface area contributed by atoms with Gasteiger partial charge in [-0.2, -0.15) is 0 Å². The van der Waals surface area contributed by atoms with Crippen LogP contribution in [0.1, 0.15) is 47.9 Å². The maximum Gasteiger partial charge on any atom is 0.184 e. The molecule has 1 unspecified atom stereocenters. The van der Waals surface area contributed by atoms with E-state index in [1.54, 1.807) is 14.2 Å². The number of benzene rings is 1. The average molecular weight is 353 g/mol. The number of para-hydroxylation sites is 1. The van der Waals surface area contributed by atoms with Gasteiger partial charge in [0.25, 0.3) is 0 Å². The van der Waals surface area contributed by atoms with Crippen molar-refractivity contribution in [3.05, 3.63) is 65.5 Å². The number of carbonyl (C=O) groups is 1. The Kier molecular flexibility index (Phi) is 6.84. The molecule has 0 radical (unpaired) electrons. The number of ether oxygens (including phenoxy) is 2. The van der Waals surface area contributed by atoms with Gasteiger partial charge >= 0.3 is 0 Å². The lowest BCUT2D eigenvalue weighted by Gasteiger charge is -2.19. The van der Waals surface area contributed by atoms with Crippen molar-refractivity contribution in [2.24, 2.45) is 0 Å². The molecule has 0 saturated heterocycles. The van der Waals surface area contributed by atoms with E-state index >= 15 is 0 Å². The maximum absolute atomic E-state index is 11.7. The number of allylic oxidation sites excluding steroid dienone is 4. The lowest BCUT2D eigenvalue weighted by molar-refractivity contribution is 0.112. The number of aldehydes is 1. The highest BCUT2D eigenvalue weighted by Gasteiger charge is 2.21. The Bertz CT molecular complexity index is 815. The molecule has 1 aromatic heterocycles. The van der Waals surface area contributed by atoms with Crippen LogP contribution in [0.25, 0.3) is 5.69 Å². The molecule has 138 valence electrons. The van der Waals surface area contributed by atoms with Crippen molar-refractivity contribution in [2.45, 2.75) is 33.1 Å². The molecule has 0 amide bonds. The van der Waals surface area contributed by atoms with Crippen LogP contribution in [0, 0.1) is 6.92 Å². The summed E-state index contributed by atoms with van der Waals surface area (Å²) >= 11 is 0. The van der Waals surface area contributed by atoms with Crippen molar-refractivity contribution in [1.82, 2.24) is 4.57 Å². The topological polar surface area (TPSA) is 40.5 Å². The first-order valence-electron chi connectivity index (χ1n) is 8.81. The Labute approximate surface area is 155 Å². The average Bonchev–Trinajstić information content (AvgIpc) is 3.00. The highest BCUT2D eigenvalue weighted by atomic mass is 16.5. The summed E-state index contributed by atoms with van der Waals surface area (Å²) in [5, 5.41) is 0. The number of rotatable bonds is 8. The molecule has 4 nitrogen and oxygen atoms in total. The molecule has 0 N–H and O–H groups in total. The van der Waals surface area contributed by atoms with E-state index in [-0.39, 0.29) is 5.92 Å². The zero-order chi connectivity index (χ0) is 19.1. The van der Waals surface area contributed by atoms with Gasteiger partial charge < -0.3 is 14.0 Å². The largest absolute Gasteiger partial charge is 0.493 e. The molecule has 0 aliphatic rings.